The van der Waals surface area contributed by atoms with E-state index in [0.29, 0.717) is 35.2 Å². The minimum atomic E-state index is -1.00. The summed E-state index contributed by atoms with van der Waals surface area (Å²) in [6.45, 7) is 0.268. The van der Waals surface area contributed by atoms with Gasteiger partial charge in [0.1, 0.15) is 6.04 Å². The maximum Gasteiger partial charge on any atom is 0.326 e. The molecule has 1 saturated carbocycles. The summed E-state index contributed by atoms with van der Waals surface area (Å²) < 4.78 is 5.31. The number of amides is 1. The first-order valence-electron chi connectivity index (χ1n) is 9.65. The highest BCUT2D eigenvalue weighted by atomic mass is 16.5. The fraction of sp³-hybridized carbons (Fsp3) is 0.273. The Labute approximate surface area is 167 Å². The minimum absolute atomic E-state index is 0.268. The van der Waals surface area contributed by atoms with Crippen molar-refractivity contribution in [2.75, 3.05) is 0 Å². The van der Waals surface area contributed by atoms with E-state index in [1.807, 2.05) is 30.3 Å². The van der Waals surface area contributed by atoms with Crippen LogP contribution in [-0.4, -0.2) is 38.1 Å². The molecule has 7 heteroatoms. The van der Waals surface area contributed by atoms with Crippen LogP contribution in [0.4, 0.5) is 0 Å². The van der Waals surface area contributed by atoms with Crippen molar-refractivity contribution in [3.05, 3.63) is 71.1 Å². The molecule has 1 aromatic heterocycles. The molecule has 1 fully saturated rings. The lowest BCUT2D eigenvalue weighted by atomic mass is 9.93. The molecule has 0 radical (unpaired) electrons. The average molecular weight is 389 g/mol. The van der Waals surface area contributed by atoms with Crippen molar-refractivity contribution in [2.24, 2.45) is 0 Å². The summed E-state index contributed by atoms with van der Waals surface area (Å²) in [7, 11) is 0. The van der Waals surface area contributed by atoms with E-state index < -0.39 is 12.0 Å². The molecule has 2 aliphatic rings. The van der Waals surface area contributed by atoms with Gasteiger partial charge < -0.3 is 14.5 Å². The van der Waals surface area contributed by atoms with Crippen molar-refractivity contribution in [1.82, 2.24) is 15.0 Å². The molecular formula is C22H19N3O4. The van der Waals surface area contributed by atoms with Gasteiger partial charge in [0, 0.05) is 30.0 Å². The smallest absolute Gasteiger partial charge is 0.326 e. The van der Waals surface area contributed by atoms with Gasteiger partial charge in [0.05, 0.1) is 0 Å². The summed E-state index contributed by atoms with van der Waals surface area (Å²) in [5, 5.41) is 13.7. The molecule has 0 bridgehead atoms. The Morgan fingerprint density at radius 1 is 1.07 bits per heavy atom. The van der Waals surface area contributed by atoms with Gasteiger partial charge in [0.25, 0.3) is 5.91 Å². The molecule has 5 rings (SSSR count). The number of hydrogen-bond donors (Lipinski definition) is 1. The number of benzene rings is 2. The van der Waals surface area contributed by atoms with E-state index in [1.54, 1.807) is 18.2 Å². The zero-order chi connectivity index (χ0) is 20.0. The molecular weight excluding hydrogens is 370 g/mol. The summed E-state index contributed by atoms with van der Waals surface area (Å²) in [6, 6.07) is 13.7. The van der Waals surface area contributed by atoms with Crippen LogP contribution >= 0.6 is 0 Å². The van der Waals surface area contributed by atoms with Crippen LogP contribution in [0.25, 0.3) is 11.4 Å². The van der Waals surface area contributed by atoms with Gasteiger partial charge in [-0.3, -0.25) is 4.79 Å². The van der Waals surface area contributed by atoms with E-state index in [9.17, 15) is 14.7 Å². The topological polar surface area (TPSA) is 96.5 Å². The zero-order valence-electron chi connectivity index (χ0n) is 15.6. The lowest BCUT2D eigenvalue weighted by molar-refractivity contribution is -0.142. The third-order valence-electron chi connectivity index (χ3n) is 5.53. The van der Waals surface area contributed by atoms with Crippen molar-refractivity contribution in [2.45, 2.75) is 37.8 Å². The van der Waals surface area contributed by atoms with E-state index >= 15 is 0 Å². The van der Waals surface area contributed by atoms with Crippen LogP contribution in [-0.2, 0) is 17.8 Å². The van der Waals surface area contributed by atoms with Crippen molar-refractivity contribution < 1.29 is 19.2 Å². The lowest BCUT2D eigenvalue weighted by Crippen LogP contribution is -2.48. The van der Waals surface area contributed by atoms with Crippen LogP contribution in [0.1, 0.15) is 46.1 Å². The molecule has 3 aromatic rings. The molecule has 2 heterocycles. The summed E-state index contributed by atoms with van der Waals surface area (Å²) in [5.41, 5.74) is 3.03. The summed E-state index contributed by atoms with van der Waals surface area (Å²) in [4.78, 5) is 30.9. The van der Waals surface area contributed by atoms with Crippen LogP contribution in [0.3, 0.4) is 0 Å². The normalized spacial score (nSPS) is 18.3. The number of carboxylic acids is 1. The average Bonchev–Trinajstić information content (AvgIpc) is 3.48. The molecule has 0 spiro atoms. The summed E-state index contributed by atoms with van der Waals surface area (Å²) in [6.07, 6.45) is 2.42. The second kappa shape index (κ2) is 6.84. The molecule has 2 aromatic carbocycles. The molecule has 1 atom stereocenters. The Morgan fingerprint density at radius 3 is 2.62 bits per heavy atom. The Kier molecular flexibility index (Phi) is 4.16. The third kappa shape index (κ3) is 3.29. The van der Waals surface area contributed by atoms with Crippen molar-refractivity contribution in [1.29, 1.82) is 0 Å². The number of aliphatic carboxylic acids is 1. The van der Waals surface area contributed by atoms with E-state index in [2.05, 4.69) is 10.1 Å². The molecule has 29 heavy (non-hydrogen) atoms. The molecule has 146 valence electrons. The lowest BCUT2D eigenvalue weighted by Gasteiger charge is -2.34. The van der Waals surface area contributed by atoms with Crippen LogP contribution in [0.2, 0.25) is 0 Å². The number of nitrogens with zero attached hydrogens (tertiary/aromatic N) is 3. The fourth-order valence-corrected chi connectivity index (χ4v) is 3.76. The second-order valence-corrected chi connectivity index (χ2v) is 7.57. The molecule has 0 saturated heterocycles. The van der Waals surface area contributed by atoms with Crippen molar-refractivity contribution in [3.8, 4) is 11.4 Å². The van der Waals surface area contributed by atoms with E-state index in [4.69, 9.17) is 4.52 Å². The first kappa shape index (κ1) is 17.6. The van der Waals surface area contributed by atoms with E-state index in [0.717, 1.165) is 24.0 Å². The highest BCUT2D eigenvalue weighted by Crippen LogP contribution is 2.39. The third-order valence-corrected chi connectivity index (χ3v) is 5.53. The highest BCUT2D eigenvalue weighted by Gasteiger charge is 2.35. The van der Waals surface area contributed by atoms with Crippen LogP contribution in [0.5, 0.6) is 0 Å². The van der Waals surface area contributed by atoms with Gasteiger partial charge in [-0.1, -0.05) is 41.6 Å². The number of hydrogen-bond acceptors (Lipinski definition) is 5. The first-order chi connectivity index (χ1) is 14.1. The largest absolute Gasteiger partial charge is 0.480 e. The van der Waals surface area contributed by atoms with Gasteiger partial charge >= 0.3 is 5.97 Å². The van der Waals surface area contributed by atoms with E-state index in [1.165, 1.54) is 4.90 Å². The Hall–Kier alpha value is -3.48. The zero-order valence-corrected chi connectivity index (χ0v) is 15.6. The monoisotopic (exact) mass is 389 g/mol. The molecule has 1 amide bonds. The quantitative estimate of drug-likeness (QED) is 0.736. The van der Waals surface area contributed by atoms with Crippen molar-refractivity contribution >= 4 is 11.9 Å². The van der Waals surface area contributed by atoms with Gasteiger partial charge in [-0.25, -0.2) is 4.79 Å². The van der Waals surface area contributed by atoms with Crippen LogP contribution in [0.15, 0.2) is 53.1 Å². The second-order valence-electron chi connectivity index (χ2n) is 7.57. The van der Waals surface area contributed by atoms with Crippen LogP contribution < -0.4 is 0 Å². The molecule has 0 unspecified atom stereocenters. The number of carboxylic acid groups (broad SMARTS) is 1. The fourth-order valence-electron chi connectivity index (χ4n) is 3.76. The highest BCUT2D eigenvalue weighted by molar-refractivity contribution is 5.97. The van der Waals surface area contributed by atoms with Gasteiger partial charge in [-0.15, -0.1) is 0 Å². The Balaban J connectivity index is 1.45. The number of carbonyl (C=O) groups excluding carboxylic acids is 1. The first-order valence-corrected chi connectivity index (χ1v) is 9.65. The van der Waals surface area contributed by atoms with Crippen LogP contribution in [0, 0.1) is 0 Å². The summed E-state index contributed by atoms with van der Waals surface area (Å²) >= 11 is 0. The molecule has 1 aliphatic carbocycles. The Morgan fingerprint density at radius 2 is 1.86 bits per heavy atom. The van der Waals surface area contributed by atoms with Gasteiger partial charge in [0.15, 0.2) is 0 Å². The van der Waals surface area contributed by atoms with Gasteiger partial charge in [0.2, 0.25) is 11.7 Å². The predicted octanol–water partition coefficient (Wildman–Crippen LogP) is 3.27. The Bertz CT molecular complexity index is 1100. The van der Waals surface area contributed by atoms with Gasteiger partial charge in [-0.05, 0) is 36.1 Å². The molecule has 7 nitrogen and oxygen atoms in total. The summed E-state index contributed by atoms with van der Waals surface area (Å²) in [5.74, 6) is 0.109. The number of rotatable bonds is 4. The maximum atomic E-state index is 13.2. The SMILES string of the molecule is O=C(O)[C@@H]1Cc2ccccc2CN1C(=O)c1cccc(-c2noc(C3CC3)n2)c1. The predicted molar refractivity (Wildman–Crippen MR) is 103 cm³/mol. The standard InChI is InChI=1S/C22H19N3O4/c26-21(25-12-17-5-2-1-4-14(17)11-18(25)22(27)28)16-7-3-6-15(10-16)19-23-20(29-24-19)13-8-9-13/h1-7,10,13,18H,8-9,11-12H2,(H,27,28)/t18-/m0/s1. The van der Waals surface area contributed by atoms with Crippen molar-refractivity contribution in [3.63, 3.8) is 0 Å². The minimum Gasteiger partial charge on any atom is -0.480 e. The maximum absolute atomic E-state index is 13.2. The number of carbonyl (C=O) groups is 2. The van der Waals surface area contributed by atoms with E-state index in [-0.39, 0.29) is 12.5 Å². The molecule has 1 aliphatic heterocycles. The number of aromatic nitrogens is 2. The molecule has 1 N–H and O–H groups in total. The van der Waals surface area contributed by atoms with Gasteiger partial charge in [-0.2, -0.15) is 4.98 Å². The number of fused-ring (bicyclic) bond motifs is 1.